The Morgan fingerprint density at radius 1 is 1.24 bits per heavy atom. The maximum Gasteiger partial charge on any atom is 0.332 e. The molecule has 2 aromatic heterocycles. The summed E-state index contributed by atoms with van der Waals surface area (Å²) in [4.78, 5) is 45.2. The van der Waals surface area contributed by atoms with Gasteiger partial charge in [0.1, 0.15) is 0 Å². The van der Waals surface area contributed by atoms with E-state index in [-0.39, 0.29) is 12.2 Å². The minimum atomic E-state index is -1.32. The van der Waals surface area contributed by atoms with E-state index in [4.69, 9.17) is 0 Å². The predicted octanol–water partition coefficient (Wildman–Crippen LogP) is 0.794. The quantitative estimate of drug-likeness (QED) is 0.595. The molecule has 1 aromatic carbocycles. The number of aromatic amines is 1. The van der Waals surface area contributed by atoms with Crippen molar-refractivity contribution in [1.29, 1.82) is 0 Å². The van der Waals surface area contributed by atoms with Crippen LogP contribution in [0.15, 0.2) is 41.5 Å². The van der Waals surface area contributed by atoms with E-state index >= 15 is 0 Å². The van der Waals surface area contributed by atoms with Gasteiger partial charge in [-0.05, 0) is 19.1 Å². The summed E-state index contributed by atoms with van der Waals surface area (Å²) < 4.78 is 0.992. The van der Waals surface area contributed by atoms with Gasteiger partial charge in [-0.1, -0.05) is 17.7 Å². The van der Waals surface area contributed by atoms with Gasteiger partial charge in [0.05, 0.1) is 17.7 Å². The van der Waals surface area contributed by atoms with Crippen LogP contribution in [0.3, 0.4) is 0 Å². The number of nitrogens with one attached hydrogen (secondary N) is 1. The van der Waals surface area contributed by atoms with Crippen LogP contribution < -0.4 is 5.56 Å². The Hall–Kier alpha value is -3.95. The molecule has 3 heterocycles. The number of rotatable bonds is 3. The van der Waals surface area contributed by atoms with Crippen molar-refractivity contribution in [2.24, 2.45) is 0 Å². The minimum Gasteiger partial charge on any atom is -0.505 e. The summed E-state index contributed by atoms with van der Waals surface area (Å²) in [5.41, 5.74) is 1.25. The number of aromatic nitrogens is 4. The minimum absolute atomic E-state index is 0.0930. The van der Waals surface area contributed by atoms with E-state index in [9.17, 15) is 24.6 Å². The number of hydrogen-bond donors (Lipinski definition) is 3. The number of aryl methyl sites for hydroxylation is 1. The van der Waals surface area contributed by atoms with Crippen LogP contribution in [0.2, 0.25) is 0 Å². The molecule has 4 rings (SSSR count). The molecule has 0 bridgehead atoms. The fourth-order valence-electron chi connectivity index (χ4n) is 3.35. The largest absolute Gasteiger partial charge is 0.505 e. The topological polar surface area (TPSA) is 141 Å². The van der Waals surface area contributed by atoms with E-state index < -0.39 is 34.9 Å². The highest BCUT2D eigenvalue weighted by molar-refractivity contribution is 5.97. The number of nitrogens with zero attached hydrogens (tertiary/aromatic N) is 4. The molecule has 1 aliphatic heterocycles. The van der Waals surface area contributed by atoms with E-state index in [2.05, 4.69) is 15.1 Å². The third kappa shape index (κ3) is 3.14. The Labute approximate surface area is 164 Å². The van der Waals surface area contributed by atoms with Crippen LogP contribution in [0.4, 0.5) is 0 Å². The molecular weight excluding hydrogens is 378 g/mol. The Balaban J connectivity index is 1.77. The molecule has 3 N–H and O–H groups in total. The third-order valence-corrected chi connectivity index (χ3v) is 4.81. The summed E-state index contributed by atoms with van der Waals surface area (Å²) in [5.74, 6) is -2.66. The molecule has 0 aliphatic carbocycles. The van der Waals surface area contributed by atoms with Crippen molar-refractivity contribution in [3.8, 4) is 11.4 Å². The maximum absolute atomic E-state index is 13.1. The SMILES string of the molecule is Cc1ccc(-n2nc(C(=O)N3CCc4[nH]cnc4C3C(=O)O)c(O)cc2=O)cc1. The normalized spacial score (nSPS) is 15.8. The zero-order chi connectivity index (χ0) is 20.7. The molecule has 1 amide bonds. The van der Waals surface area contributed by atoms with Gasteiger partial charge in [0.2, 0.25) is 0 Å². The predicted molar refractivity (Wildman–Crippen MR) is 99.9 cm³/mol. The second-order valence-electron chi connectivity index (χ2n) is 6.72. The average molecular weight is 395 g/mol. The first-order valence-electron chi connectivity index (χ1n) is 8.83. The fraction of sp³-hybridized carbons (Fsp3) is 0.211. The summed E-state index contributed by atoms with van der Waals surface area (Å²) in [6.45, 7) is 1.98. The lowest BCUT2D eigenvalue weighted by Gasteiger charge is -2.32. The number of aromatic hydroxyl groups is 1. The second-order valence-corrected chi connectivity index (χ2v) is 6.72. The van der Waals surface area contributed by atoms with Crippen LogP contribution >= 0.6 is 0 Å². The molecule has 1 unspecified atom stereocenters. The van der Waals surface area contributed by atoms with E-state index in [1.54, 1.807) is 24.3 Å². The van der Waals surface area contributed by atoms with Gasteiger partial charge < -0.3 is 20.1 Å². The molecule has 0 saturated carbocycles. The first-order valence-corrected chi connectivity index (χ1v) is 8.83. The highest BCUT2D eigenvalue weighted by Crippen LogP contribution is 2.30. The van der Waals surface area contributed by atoms with Gasteiger partial charge in [-0.15, -0.1) is 0 Å². The van der Waals surface area contributed by atoms with Crippen LogP contribution in [0.25, 0.3) is 5.69 Å². The number of carbonyl (C=O) groups is 2. The molecule has 0 radical (unpaired) electrons. The van der Waals surface area contributed by atoms with Crippen molar-refractivity contribution in [2.45, 2.75) is 19.4 Å². The number of benzene rings is 1. The van der Waals surface area contributed by atoms with E-state index in [0.717, 1.165) is 21.2 Å². The van der Waals surface area contributed by atoms with Crippen molar-refractivity contribution in [3.63, 3.8) is 0 Å². The number of hydrogen-bond acceptors (Lipinski definition) is 6. The van der Waals surface area contributed by atoms with Gasteiger partial charge in [-0.25, -0.2) is 9.78 Å². The lowest BCUT2D eigenvalue weighted by molar-refractivity contribution is -0.143. The molecule has 1 aliphatic rings. The number of carboxylic acid groups (broad SMARTS) is 1. The lowest BCUT2D eigenvalue weighted by atomic mass is 10.0. The molecular formula is C19H17N5O5. The van der Waals surface area contributed by atoms with Crippen LogP contribution in [0.1, 0.15) is 33.5 Å². The molecule has 0 fully saturated rings. The first-order chi connectivity index (χ1) is 13.9. The molecule has 0 saturated heterocycles. The number of fused-ring (bicyclic) bond motifs is 1. The van der Waals surface area contributed by atoms with Crippen LogP contribution in [-0.4, -0.2) is 53.3 Å². The van der Waals surface area contributed by atoms with Crippen molar-refractivity contribution in [3.05, 3.63) is 69.7 Å². The van der Waals surface area contributed by atoms with Crippen molar-refractivity contribution in [2.75, 3.05) is 6.54 Å². The summed E-state index contributed by atoms with van der Waals surface area (Å²) in [6, 6.07) is 6.44. The standard InChI is InChI=1S/C19H17N5O5/c1-10-2-4-11(5-3-10)24-14(26)8-13(25)16(22-24)18(27)23-7-6-12-15(21-9-20-12)17(23)19(28)29/h2-5,8-9,17,25H,6-7H2,1H3,(H,20,21)(H,28,29). The molecule has 0 spiro atoms. The molecule has 148 valence electrons. The summed E-state index contributed by atoms with van der Waals surface area (Å²) in [5, 5.41) is 23.9. The smallest absolute Gasteiger partial charge is 0.332 e. The van der Waals surface area contributed by atoms with Crippen LogP contribution in [0, 0.1) is 6.92 Å². The Kier molecular flexibility index (Phi) is 4.38. The second kappa shape index (κ2) is 6.89. The van der Waals surface area contributed by atoms with Gasteiger partial charge >= 0.3 is 5.97 Å². The number of H-pyrrole nitrogens is 1. The summed E-state index contributed by atoms with van der Waals surface area (Å²) in [7, 11) is 0. The maximum atomic E-state index is 13.1. The van der Waals surface area contributed by atoms with Gasteiger partial charge in [0.15, 0.2) is 17.5 Å². The Morgan fingerprint density at radius 3 is 2.66 bits per heavy atom. The molecule has 1 atom stereocenters. The highest BCUT2D eigenvalue weighted by atomic mass is 16.4. The third-order valence-electron chi connectivity index (χ3n) is 4.81. The fourth-order valence-corrected chi connectivity index (χ4v) is 3.35. The lowest BCUT2D eigenvalue weighted by Crippen LogP contribution is -2.44. The number of imidazole rings is 1. The van der Waals surface area contributed by atoms with Crippen molar-refractivity contribution in [1.82, 2.24) is 24.6 Å². The average Bonchev–Trinajstić information content (AvgIpc) is 3.16. The number of aliphatic carboxylic acids is 1. The van der Waals surface area contributed by atoms with Gasteiger partial charge in [0, 0.05) is 24.7 Å². The number of carboxylic acids is 1. The molecule has 10 nitrogen and oxygen atoms in total. The van der Waals surface area contributed by atoms with Crippen LogP contribution in [0.5, 0.6) is 5.75 Å². The summed E-state index contributed by atoms with van der Waals surface area (Å²) >= 11 is 0. The van der Waals surface area contributed by atoms with Crippen molar-refractivity contribution >= 4 is 11.9 Å². The van der Waals surface area contributed by atoms with Crippen molar-refractivity contribution < 1.29 is 19.8 Å². The Morgan fingerprint density at radius 2 is 1.97 bits per heavy atom. The van der Waals surface area contributed by atoms with E-state index in [1.807, 2.05) is 6.92 Å². The first kappa shape index (κ1) is 18.4. The zero-order valence-electron chi connectivity index (χ0n) is 15.4. The van der Waals surface area contributed by atoms with Crippen LogP contribution in [-0.2, 0) is 11.2 Å². The van der Waals surface area contributed by atoms with E-state index in [0.29, 0.717) is 17.8 Å². The number of amides is 1. The monoisotopic (exact) mass is 395 g/mol. The van der Waals surface area contributed by atoms with E-state index in [1.165, 1.54) is 6.33 Å². The molecule has 29 heavy (non-hydrogen) atoms. The van der Waals surface area contributed by atoms with Gasteiger partial charge in [0.25, 0.3) is 11.5 Å². The molecule has 10 heteroatoms. The number of carbonyl (C=O) groups excluding carboxylic acids is 1. The van der Waals surface area contributed by atoms with Gasteiger partial charge in [-0.2, -0.15) is 9.78 Å². The summed E-state index contributed by atoms with van der Waals surface area (Å²) in [6.07, 6.45) is 1.76. The van der Waals surface area contributed by atoms with Gasteiger partial charge in [-0.3, -0.25) is 9.59 Å². The molecule has 3 aromatic rings. The zero-order valence-corrected chi connectivity index (χ0v) is 15.4. The Bertz CT molecular complexity index is 1160. The highest BCUT2D eigenvalue weighted by Gasteiger charge is 2.39.